The first-order chi connectivity index (χ1) is 17.0. The Morgan fingerprint density at radius 1 is 1.03 bits per heavy atom. The van der Waals surface area contributed by atoms with E-state index in [0.29, 0.717) is 35.8 Å². The lowest BCUT2D eigenvalue weighted by Gasteiger charge is -2.53. The summed E-state index contributed by atoms with van der Waals surface area (Å²) in [5.41, 5.74) is 3.75. The van der Waals surface area contributed by atoms with Crippen LogP contribution in [0.3, 0.4) is 0 Å². The van der Waals surface area contributed by atoms with Crippen LogP contribution in [0.4, 0.5) is 4.39 Å². The summed E-state index contributed by atoms with van der Waals surface area (Å²) >= 11 is 0. The number of aromatic hydroxyl groups is 1. The van der Waals surface area contributed by atoms with E-state index in [2.05, 4.69) is 42.2 Å². The van der Waals surface area contributed by atoms with Crippen molar-refractivity contribution in [3.8, 4) is 11.5 Å². The van der Waals surface area contributed by atoms with Gasteiger partial charge in [-0.05, 0) is 123 Å². The normalized spacial score (nSPS) is 34.6. The number of benzene rings is 2. The Labute approximate surface area is 209 Å². The molecule has 3 aliphatic carbocycles. The lowest BCUT2D eigenvalue weighted by Crippen LogP contribution is -2.46. The summed E-state index contributed by atoms with van der Waals surface area (Å²) in [4.78, 5) is 2.50. The molecule has 6 atom stereocenters. The van der Waals surface area contributed by atoms with E-state index in [9.17, 15) is 5.11 Å². The number of rotatable bonds is 5. The molecule has 3 unspecified atom stereocenters. The maximum Gasteiger partial charge on any atom is 0.119 e. The SMILES string of the molecule is C[C@]12C[C@H](c3ccc(OCCN4CCCCC4)cc3)C3c4ccc(O)cc4CCC3C1CC[C@H]2F. The summed E-state index contributed by atoms with van der Waals surface area (Å²) in [7, 11) is 0. The third kappa shape index (κ3) is 4.26. The Kier molecular flexibility index (Phi) is 6.28. The summed E-state index contributed by atoms with van der Waals surface area (Å²) in [5, 5.41) is 10.1. The molecule has 4 heteroatoms. The van der Waals surface area contributed by atoms with Crippen LogP contribution in [-0.2, 0) is 6.42 Å². The van der Waals surface area contributed by atoms with Gasteiger partial charge in [-0.3, -0.25) is 4.90 Å². The van der Waals surface area contributed by atoms with Crippen molar-refractivity contribution in [2.24, 2.45) is 17.3 Å². The Bertz CT molecular complexity index is 1030. The van der Waals surface area contributed by atoms with Gasteiger partial charge in [0.25, 0.3) is 0 Å². The highest BCUT2D eigenvalue weighted by Gasteiger charge is 2.58. The van der Waals surface area contributed by atoms with Gasteiger partial charge in [-0.2, -0.15) is 0 Å². The van der Waals surface area contributed by atoms with Crippen LogP contribution in [0, 0.1) is 17.3 Å². The van der Waals surface area contributed by atoms with E-state index in [1.165, 1.54) is 49.0 Å². The number of ether oxygens (including phenoxy) is 1. The monoisotopic (exact) mass is 477 g/mol. The van der Waals surface area contributed by atoms with Crippen LogP contribution >= 0.6 is 0 Å². The molecule has 35 heavy (non-hydrogen) atoms. The molecular weight excluding hydrogens is 437 g/mol. The van der Waals surface area contributed by atoms with Crippen LogP contribution < -0.4 is 4.74 Å². The Balaban J connectivity index is 1.25. The zero-order valence-corrected chi connectivity index (χ0v) is 21.1. The number of likely N-dealkylation sites (tertiary alicyclic amines) is 1. The summed E-state index contributed by atoms with van der Waals surface area (Å²) < 4.78 is 21.4. The first-order valence-corrected chi connectivity index (χ1v) is 13.9. The van der Waals surface area contributed by atoms with Crippen molar-refractivity contribution in [1.29, 1.82) is 0 Å². The molecule has 1 aliphatic heterocycles. The predicted molar refractivity (Wildman–Crippen MR) is 138 cm³/mol. The molecular formula is C31H40FNO2. The fourth-order valence-corrected chi connectivity index (χ4v) is 8.25. The van der Waals surface area contributed by atoms with E-state index in [0.717, 1.165) is 44.6 Å². The maximum atomic E-state index is 15.3. The number of piperidine rings is 1. The minimum atomic E-state index is -0.699. The molecule has 2 aromatic rings. The number of phenolic OH excluding ortho intramolecular Hbond substituents is 1. The van der Waals surface area contributed by atoms with Crippen LogP contribution in [0.2, 0.25) is 0 Å². The standard InChI is InChI=1S/C31H40FNO2/c1-31-20-27(21-5-9-24(10-6-21)35-18-17-33-15-3-2-4-16-33)30-25-12-8-23(34)19-22(25)7-11-26(30)28(31)13-14-29(31)32/h5-6,8-10,12,19,26-30,34H,2-4,7,11,13-18,20H2,1H3/t26?,27-,28?,29-,30?,31+/m1/s1. The zero-order valence-electron chi connectivity index (χ0n) is 21.1. The first kappa shape index (κ1) is 23.3. The van der Waals surface area contributed by atoms with Gasteiger partial charge in [0.15, 0.2) is 0 Å². The molecule has 0 bridgehead atoms. The Hall–Kier alpha value is -2.07. The highest BCUT2D eigenvalue weighted by atomic mass is 19.1. The smallest absolute Gasteiger partial charge is 0.119 e. The molecule has 3 fully saturated rings. The van der Waals surface area contributed by atoms with Crippen LogP contribution in [0.15, 0.2) is 42.5 Å². The number of fused-ring (bicyclic) bond motifs is 5. The number of aryl methyl sites for hydroxylation is 1. The second-order valence-corrected chi connectivity index (χ2v) is 11.9. The predicted octanol–water partition coefficient (Wildman–Crippen LogP) is 6.84. The molecule has 0 aromatic heterocycles. The quantitative estimate of drug-likeness (QED) is 0.511. The minimum absolute atomic E-state index is 0.232. The van der Waals surface area contributed by atoms with Gasteiger partial charge in [-0.15, -0.1) is 0 Å². The second kappa shape index (κ2) is 9.42. The van der Waals surface area contributed by atoms with Crippen molar-refractivity contribution in [2.45, 2.75) is 76.3 Å². The van der Waals surface area contributed by atoms with Crippen molar-refractivity contribution in [1.82, 2.24) is 4.90 Å². The second-order valence-electron chi connectivity index (χ2n) is 11.9. The lowest BCUT2D eigenvalue weighted by atomic mass is 9.51. The van der Waals surface area contributed by atoms with Crippen LogP contribution in [0.25, 0.3) is 0 Å². The molecule has 0 spiro atoms. The molecule has 0 amide bonds. The van der Waals surface area contributed by atoms with Crippen molar-refractivity contribution >= 4 is 0 Å². The largest absolute Gasteiger partial charge is 0.508 e. The third-order valence-electron chi connectivity index (χ3n) is 10.0. The number of phenols is 1. The maximum absolute atomic E-state index is 15.3. The molecule has 1 saturated heterocycles. The highest BCUT2D eigenvalue weighted by Crippen LogP contribution is 2.65. The number of hydrogen-bond donors (Lipinski definition) is 1. The first-order valence-electron chi connectivity index (χ1n) is 13.9. The van der Waals surface area contributed by atoms with Gasteiger partial charge < -0.3 is 9.84 Å². The molecule has 2 aromatic carbocycles. The molecule has 4 aliphatic rings. The van der Waals surface area contributed by atoms with Gasteiger partial charge in [0, 0.05) is 12.0 Å². The van der Waals surface area contributed by atoms with Crippen LogP contribution in [0.1, 0.15) is 80.4 Å². The number of nitrogens with zero attached hydrogens (tertiary/aromatic N) is 1. The van der Waals surface area contributed by atoms with Gasteiger partial charge in [0.1, 0.15) is 24.3 Å². The number of alkyl halides is 1. The summed E-state index contributed by atoms with van der Waals surface area (Å²) in [6.45, 7) is 6.34. The van der Waals surface area contributed by atoms with E-state index in [1.807, 2.05) is 12.1 Å². The Morgan fingerprint density at radius 2 is 1.83 bits per heavy atom. The van der Waals surface area contributed by atoms with E-state index in [-0.39, 0.29) is 5.41 Å². The molecule has 1 N–H and O–H groups in total. The zero-order chi connectivity index (χ0) is 24.0. The molecule has 0 radical (unpaired) electrons. The van der Waals surface area contributed by atoms with Crippen LogP contribution in [0.5, 0.6) is 11.5 Å². The topological polar surface area (TPSA) is 32.7 Å². The van der Waals surface area contributed by atoms with Gasteiger partial charge in [0.05, 0.1) is 0 Å². The van der Waals surface area contributed by atoms with Crippen molar-refractivity contribution in [3.63, 3.8) is 0 Å². The molecule has 2 saturated carbocycles. The fourth-order valence-electron chi connectivity index (χ4n) is 8.25. The van der Waals surface area contributed by atoms with Crippen LogP contribution in [-0.4, -0.2) is 42.4 Å². The summed E-state index contributed by atoms with van der Waals surface area (Å²) in [6, 6.07) is 14.7. The van der Waals surface area contributed by atoms with Crippen molar-refractivity contribution in [3.05, 3.63) is 59.2 Å². The number of hydrogen-bond acceptors (Lipinski definition) is 3. The van der Waals surface area contributed by atoms with Gasteiger partial charge >= 0.3 is 0 Å². The average Bonchev–Trinajstić information content (AvgIpc) is 3.18. The van der Waals surface area contributed by atoms with Gasteiger partial charge in [-0.25, -0.2) is 4.39 Å². The minimum Gasteiger partial charge on any atom is -0.508 e. The Morgan fingerprint density at radius 3 is 2.63 bits per heavy atom. The van der Waals surface area contributed by atoms with E-state index >= 15 is 4.39 Å². The number of halogens is 1. The molecule has 3 nitrogen and oxygen atoms in total. The average molecular weight is 478 g/mol. The molecule has 1 heterocycles. The van der Waals surface area contributed by atoms with Crippen molar-refractivity contribution < 1.29 is 14.2 Å². The van der Waals surface area contributed by atoms with E-state index < -0.39 is 6.17 Å². The van der Waals surface area contributed by atoms with Gasteiger partial charge in [-0.1, -0.05) is 31.5 Å². The lowest BCUT2D eigenvalue weighted by molar-refractivity contribution is 0.00138. The summed E-state index contributed by atoms with van der Waals surface area (Å²) in [5.74, 6) is 2.95. The molecule has 6 rings (SSSR count). The van der Waals surface area contributed by atoms with E-state index in [4.69, 9.17) is 4.74 Å². The molecule has 188 valence electrons. The van der Waals surface area contributed by atoms with Crippen molar-refractivity contribution in [2.75, 3.05) is 26.2 Å². The fraction of sp³-hybridized carbons (Fsp3) is 0.613. The van der Waals surface area contributed by atoms with Gasteiger partial charge in [0.2, 0.25) is 0 Å². The highest BCUT2D eigenvalue weighted by molar-refractivity contribution is 5.43. The third-order valence-corrected chi connectivity index (χ3v) is 10.0. The summed E-state index contributed by atoms with van der Waals surface area (Å²) in [6.07, 6.45) is 7.99. The van der Waals surface area contributed by atoms with E-state index in [1.54, 1.807) is 0 Å².